The van der Waals surface area contributed by atoms with Crippen LogP contribution in [0.4, 0.5) is 0 Å². The Morgan fingerprint density at radius 2 is 0.355 bits per heavy atom. The van der Waals surface area contributed by atoms with Crippen molar-refractivity contribution in [3.8, 4) is 0 Å². The van der Waals surface area contributed by atoms with E-state index in [0.717, 1.165) is 20.7 Å². The second-order valence-electron chi connectivity index (χ2n) is 21.7. The molecule has 12 aromatic carbocycles. The smallest absolute Gasteiger partial charge is 0.396 e. The predicted molar refractivity (Wildman–Crippen MR) is 387 cm³/mol. The Morgan fingerprint density at radius 3 is 0.516 bits per heavy atom. The van der Waals surface area contributed by atoms with Gasteiger partial charge in [-0.3, -0.25) is 0 Å². The highest BCUT2D eigenvalue weighted by Gasteiger charge is 2.59. The third-order valence-corrected chi connectivity index (χ3v) is 38.2. The Kier molecular flexibility index (Phi) is 22.9. The minimum absolute atomic E-state index is 0. The van der Waals surface area contributed by atoms with Crippen molar-refractivity contribution in [3.63, 3.8) is 0 Å². The molecule has 0 saturated heterocycles. The maximum Gasteiger partial charge on any atom is 0.396 e. The molecule has 3 radical (unpaired) electrons. The van der Waals surface area contributed by atoms with Crippen molar-refractivity contribution in [2.24, 2.45) is 0 Å². The number of aromatic amines is 1. The number of pyridine rings is 1. The van der Waals surface area contributed by atoms with Crippen molar-refractivity contribution in [2.75, 3.05) is 0 Å². The Balaban J connectivity index is 0.000000184. The number of rotatable bonds is 20. The van der Waals surface area contributed by atoms with E-state index in [9.17, 15) is 14.4 Å². The first kappa shape index (κ1) is 67.2. The Bertz CT molecular complexity index is 3560. The minimum atomic E-state index is -4.21. The molecule has 1 heterocycles. The van der Waals surface area contributed by atoms with Crippen molar-refractivity contribution < 1.29 is 40.6 Å². The van der Waals surface area contributed by atoms with Crippen LogP contribution in [-0.2, 0) is 16.5 Å². The lowest BCUT2D eigenvalue weighted by molar-refractivity contribution is -0.378. The maximum absolute atomic E-state index is 15.6. The summed E-state index contributed by atoms with van der Waals surface area (Å²) in [6.45, 7) is 0. The van der Waals surface area contributed by atoms with Crippen LogP contribution in [0.15, 0.2) is 395 Å². The molecule has 457 valence electrons. The zero-order valence-electron chi connectivity index (χ0n) is 51.0. The van der Waals surface area contributed by atoms with Crippen LogP contribution in [0.2, 0.25) is 0 Å². The van der Waals surface area contributed by atoms with Crippen LogP contribution in [0.3, 0.4) is 0 Å². The molecule has 93 heavy (non-hydrogen) atoms. The van der Waals surface area contributed by atoms with Gasteiger partial charge in [0.05, 0.1) is 0 Å². The van der Waals surface area contributed by atoms with E-state index < -0.39 is 51.4 Å². The highest BCUT2D eigenvalue weighted by atomic mass is 28.5. The summed E-state index contributed by atoms with van der Waals surface area (Å²) < 4.78 is 29.4. The van der Waals surface area contributed by atoms with Gasteiger partial charge in [0, 0.05) is 29.5 Å². The molecule has 16 heteroatoms. The van der Waals surface area contributed by atoms with Gasteiger partial charge >= 0.3 is 42.8 Å². The fourth-order valence-electron chi connectivity index (χ4n) is 11.1. The fourth-order valence-corrected chi connectivity index (χ4v) is 36.0. The van der Waals surface area contributed by atoms with Gasteiger partial charge < -0.3 is 35.6 Å². The summed E-state index contributed by atoms with van der Waals surface area (Å²) in [5, 5.41) is 8.35. The van der Waals surface area contributed by atoms with E-state index in [0.29, 0.717) is 41.5 Å². The minimum Gasteiger partial charge on any atom is -0.832 e. The summed E-state index contributed by atoms with van der Waals surface area (Å²) in [5.41, 5.74) is 0. The summed E-state index contributed by atoms with van der Waals surface area (Å²) in [6, 6.07) is 121. The molecule has 13 aromatic rings. The van der Waals surface area contributed by atoms with E-state index in [4.69, 9.17) is 16.5 Å². The average molecular weight is 1330 g/mol. The van der Waals surface area contributed by atoms with E-state index >= 15 is 4.80 Å². The number of benzene rings is 12. The third kappa shape index (κ3) is 15.4. The molecule has 0 aliphatic heterocycles. The summed E-state index contributed by atoms with van der Waals surface area (Å²) >= 11 is 0. The van der Waals surface area contributed by atoms with E-state index in [1.807, 2.05) is 395 Å². The number of H-pyrrole nitrogens is 1. The van der Waals surface area contributed by atoms with Crippen LogP contribution in [0.1, 0.15) is 0 Å². The molecule has 0 amide bonds. The Hall–Kier alpha value is -8.70. The molecular formula is C77H69AlNO8Si6. The predicted octanol–water partition coefficient (Wildman–Crippen LogP) is 5.04. The molecule has 4 N–H and O–H groups in total. The van der Waals surface area contributed by atoms with Gasteiger partial charge in [-0.2, -0.15) is 0 Å². The summed E-state index contributed by atoms with van der Waals surface area (Å²) in [7, 11) is -24.0. The lowest BCUT2D eigenvalue weighted by atomic mass is 10.4. The monoisotopic (exact) mass is 1330 g/mol. The molecule has 13 rings (SSSR count). The largest absolute Gasteiger partial charge is 0.832 e. The van der Waals surface area contributed by atoms with Gasteiger partial charge in [-0.1, -0.05) is 370 Å². The van der Waals surface area contributed by atoms with Crippen molar-refractivity contribution >= 4 is 131 Å². The standard InChI is InChI=1S/C36H32O4Si3.C36H31O4Si3.C5H5N.Al/c2*37-41(31-19-7-1-8-20-31,32-21-9-2-10-22-32)39-43(35-27-15-5-16-28-35,36-29-17-6-18-30-36)40-42(38,33-23-11-3-12-24-33)34-25-13-4-14-26-34;1-2-4-6-5-3-1;/h1-30,37-38H;1-30,37H;1-5H;/q;-1;;/p+1. The van der Waals surface area contributed by atoms with E-state index in [1.165, 1.54) is 0 Å². The highest BCUT2D eigenvalue weighted by Crippen LogP contribution is 2.24. The lowest BCUT2D eigenvalue weighted by Crippen LogP contribution is -2.82. The van der Waals surface area contributed by atoms with Gasteiger partial charge in [-0.25, -0.2) is 4.98 Å². The molecule has 0 spiro atoms. The summed E-state index contributed by atoms with van der Waals surface area (Å²) in [4.78, 5) is 57.4. The lowest BCUT2D eigenvalue weighted by Gasteiger charge is -2.48. The van der Waals surface area contributed by atoms with Gasteiger partial charge in [0.2, 0.25) is 0 Å². The molecular weight excluding hydrogens is 1260 g/mol. The maximum atomic E-state index is 15.6. The molecule has 9 nitrogen and oxygen atoms in total. The molecule has 0 aliphatic carbocycles. The van der Waals surface area contributed by atoms with Crippen LogP contribution in [0.5, 0.6) is 0 Å². The van der Waals surface area contributed by atoms with Crippen molar-refractivity contribution in [3.05, 3.63) is 395 Å². The SMILES string of the molecule is O[Si](O[Si](O[Si](O)(c1ccccc1)c1ccccc1)(c1ccccc1)c1ccccc1)(c1ccccc1)c1ccccc1.[Al].[O-][Si](O[Si](O[Si](O)(c1ccccc1)c1ccccc1)(c1ccccc1)c1ccccc1)(c1ccccc1)c1ccccc1.c1cc[nH+]cc1. The highest BCUT2D eigenvalue weighted by molar-refractivity contribution is 7.10. The normalized spacial score (nSPS) is 11.7. The first-order valence-corrected chi connectivity index (χ1v) is 41.4. The quantitative estimate of drug-likeness (QED) is 0.0906. The molecule has 0 bridgehead atoms. The Labute approximate surface area is 562 Å². The number of hydrogen-bond acceptors (Lipinski definition) is 8. The summed E-state index contributed by atoms with van der Waals surface area (Å²) in [5.74, 6) is 0. The fraction of sp³-hybridized carbons (Fsp3) is 0. The van der Waals surface area contributed by atoms with Crippen LogP contribution in [0.25, 0.3) is 0 Å². The van der Waals surface area contributed by atoms with Gasteiger partial charge in [0.15, 0.2) is 21.0 Å². The number of nitrogens with one attached hydrogen (secondary N) is 1. The summed E-state index contributed by atoms with van der Waals surface area (Å²) in [6.07, 6.45) is 3.75. The van der Waals surface area contributed by atoms with E-state index in [1.54, 1.807) is 0 Å². The molecule has 1 aromatic heterocycles. The average Bonchev–Trinajstić information content (AvgIpc) is 0.888. The van der Waals surface area contributed by atoms with Crippen molar-refractivity contribution in [2.45, 2.75) is 0 Å². The second kappa shape index (κ2) is 31.8. The zero-order valence-corrected chi connectivity index (χ0v) is 58.1. The molecule has 0 atom stereocenters. The van der Waals surface area contributed by atoms with Crippen LogP contribution in [-0.4, -0.2) is 83.1 Å². The van der Waals surface area contributed by atoms with Gasteiger partial charge in [-0.05, 0) is 62.2 Å². The van der Waals surface area contributed by atoms with E-state index in [-0.39, 0.29) is 17.4 Å². The van der Waals surface area contributed by atoms with Crippen molar-refractivity contribution in [1.82, 2.24) is 0 Å². The van der Waals surface area contributed by atoms with Crippen molar-refractivity contribution in [1.29, 1.82) is 0 Å². The third-order valence-electron chi connectivity index (χ3n) is 15.7. The second-order valence-corrected chi connectivity index (χ2v) is 39.4. The first-order valence-electron chi connectivity index (χ1n) is 30.3. The van der Waals surface area contributed by atoms with Gasteiger partial charge in [0.25, 0.3) is 0 Å². The molecule has 0 saturated carbocycles. The molecule has 0 fully saturated rings. The number of hydrogen-bond donors (Lipinski definition) is 3. The topological polar surface area (TPSA) is 135 Å². The Morgan fingerprint density at radius 1 is 0.204 bits per heavy atom. The zero-order chi connectivity index (χ0) is 63.4. The first-order chi connectivity index (χ1) is 45.1. The van der Waals surface area contributed by atoms with Gasteiger partial charge in [0.1, 0.15) is 0 Å². The molecule has 0 aliphatic rings. The molecule has 0 unspecified atom stereocenters. The number of aromatic nitrogens is 1. The van der Waals surface area contributed by atoms with Crippen LogP contribution >= 0.6 is 0 Å². The van der Waals surface area contributed by atoms with Crippen LogP contribution in [0, 0.1) is 0 Å². The van der Waals surface area contributed by atoms with Crippen LogP contribution < -0.4 is 72.0 Å². The van der Waals surface area contributed by atoms with Gasteiger partial charge in [-0.15, -0.1) is 0 Å². The van der Waals surface area contributed by atoms with E-state index in [2.05, 4.69) is 4.98 Å².